The highest BCUT2D eigenvalue weighted by atomic mass is 16.5. The molecule has 1 aliphatic heterocycles. The molecule has 2 heterocycles. The number of nitrogens with zero attached hydrogens (tertiary/aromatic N) is 1. The van der Waals surface area contributed by atoms with Crippen LogP contribution in [0.5, 0.6) is 0 Å². The molecule has 2 fully saturated rings. The van der Waals surface area contributed by atoms with Crippen molar-refractivity contribution in [1.82, 2.24) is 10.3 Å². The zero-order chi connectivity index (χ0) is 11.0. The molecule has 0 aromatic carbocycles. The van der Waals surface area contributed by atoms with E-state index in [-0.39, 0.29) is 6.04 Å². The summed E-state index contributed by atoms with van der Waals surface area (Å²) in [6.45, 7) is 4.47. The Labute approximate surface area is 95.4 Å². The van der Waals surface area contributed by atoms with E-state index >= 15 is 0 Å². The molecule has 16 heavy (non-hydrogen) atoms. The smallest absolute Gasteiger partial charge is 0.214 e. The molecule has 1 saturated carbocycles. The summed E-state index contributed by atoms with van der Waals surface area (Å²) in [5, 5.41) is 3.38. The molecule has 0 spiro atoms. The van der Waals surface area contributed by atoms with Crippen molar-refractivity contribution >= 4 is 0 Å². The van der Waals surface area contributed by atoms with Gasteiger partial charge in [0, 0.05) is 18.9 Å². The first kappa shape index (κ1) is 10.3. The summed E-state index contributed by atoms with van der Waals surface area (Å²) >= 11 is 0. The Balaban J connectivity index is 1.83. The largest absolute Gasteiger partial charge is 0.444 e. The fourth-order valence-electron chi connectivity index (χ4n) is 2.18. The van der Waals surface area contributed by atoms with Crippen LogP contribution in [0.15, 0.2) is 4.42 Å². The molecule has 88 valence electrons. The van der Waals surface area contributed by atoms with Crippen molar-refractivity contribution in [3.05, 3.63) is 17.3 Å². The first-order valence-electron chi connectivity index (χ1n) is 6.19. The van der Waals surface area contributed by atoms with Crippen molar-refractivity contribution in [3.63, 3.8) is 0 Å². The average Bonchev–Trinajstić information content (AvgIpc) is 3.10. The maximum atomic E-state index is 5.85. The Morgan fingerprint density at radius 2 is 2.31 bits per heavy atom. The van der Waals surface area contributed by atoms with Crippen LogP contribution in [0.25, 0.3) is 0 Å². The zero-order valence-electron chi connectivity index (χ0n) is 9.66. The van der Waals surface area contributed by atoms with Gasteiger partial charge in [-0.2, -0.15) is 0 Å². The van der Waals surface area contributed by atoms with Crippen LogP contribution < -0.4 is 5.32 Å². The maximum absolute atomic E-state index is 5.85. The second-order valence-corrected chi connectivity index (χ2v) is 4.57. The van der Waals surface area contributed by atoms with E-state index in [2.05, 4.69) is 17.2 Å². The summed E-state index contributed by atoms with van der Waals surface area (Å²) in [4.78, 5) is 4.66. The lowest BCUT2D eigenvalue weighted by Crippen LogP contribution is -2.34. The Morgan fingerprint density at radius 1 is 1.44 bits per heavy atom. The van der Waals surface area contributed by atoms with Crippen LogP contribution in [-0.2, 0) is 11.2 Å². The summed E-state index contributed by atoms with van der Waals surface area (Å²) in [5.74, 6) is 2.56. The lowest BCUT2D eigenvalue weighted by molar-refractivity contribution is 0.0677. The Hall–Kier alpha value is -0.870. The number of nitrogens with one attached hydrogen (secondary N) is 1. The summed E-state index contributed by atoms with van der Waals surface area (Å²) < 4.78 is 11.3. The highest BCUT2D eigenvalue weighted by molar-refractivity contribution is 5.21. The highest BCUT2D eigenvalue weighted by Gasteiger charge is 2.32. The topological polar surface area (TPSA) is 47.3 Å². The number of rotatable bonds is 3. The van der Waals surface area contributed by atoms with E-state index in [4.69, 9.17) is 9.15 Å². The van der Waals surface area contributed by atoms with E-state index < -0.39 is 0 Å². The van der Waals surface area contributed by atoms with Crippen LogP contribution in [0.2, 0.25) is 0 Å². The van der Waals surface area contributed by atoms with E-state index in [9.17, 15) is 0 Å². The lowest BCUT2D eigenvalue weighted by atomic mass is 10.2. The fourth-order valence-corrected chi connectivity index (χ4v) is 2.18. The highest BCUT2D eigenvalue weighted by Crippen LogP contribution is 2.42. The molecule has 1 N–H and O–H groups in total. The molecule has 1 atom stereocenters. The molecule has 1 aromatic rings. The van der Waals surface area contributed by atoms with Crippen LogP contribution >= 0.6 is 0 Å². The minimum absolute atomic E-state index is 0.145. The number of oxazole rings is 1. The number of morpholine rings is 1. The zero-order valence-corrected chi connectivity index (χ0v) is 9.66. The molecule has 3 rings (SSSR count). The predicted molar refractivity (Wildman–Crippen MR) is 59.4 cm³/mol. The summed E-state index contributed by atoms with van der Waals surface area (Å²) in [6.07, 6.45) is 3.48. The number of hydrogen-bond acceptors (Lipinski definition) is 4. The van der Waals surface area contributed by atoms with Gasteiger partial charge in [-0.3, -0.25) is 0 Å². The maximum Gasteiger partial charge on any atom is 0.214 e. The van der Waals surface area contributed by atoms with Crippen LogP contribution in [0, 0.1) is 0 Å². The monoisotopic (exact) mass is 222 g/mol. The fraction of sp³-hybridized carbons (Fsp3) is 0.750. The Morgan fingerprint density at radius 3 is 2.94 bits per heavy atom. The third-order valence-electron chi connectivity index (χ3n) is 3.25. The minimum Gasteiger partial charge on any atom is -0.444 e. The predicted octanol–water partition coefficient (Wildman–Crippen LogP) is 1.78. The van der Waals surface area contributed by atoms with Gasteiger partial charge in [-0.15, -0.1) is 0 Å². The van der Waals surface area contributed by atoms with Gasteiger partial charge in [-0.1, -0.05) is 6.92 Å². The molecule has 4 heteroatoms. The molecule has 0 radical (unpaired) electrons. The van der Waals surface area contributed by atoms with E-state index in [1.54, 1.807) is 0 Å². The lowest BCUT2D eigenvalue weighted by Gasteiger charge is -2.20. The van der Waals surface area contributed by atoms with Crippen molar-refractivity contribution in [1.29, 1.82) is 0 Å². The SMILES string of the molecule is CCc1oc(C2COCCN2)nc1C1CC1. The van der Waals surface area contributed by atoms with Crippen LogP contribution in [0.4, 0.5) is 0 Å². The molecule has 1 unspecified atom stereocenters. The Bertz CT molecular complexity index is 365. The van der Waals surface area contributed by atoms with Crippen molar-refractivity contribution in [2.75, 3.05) is 19.8 Å². The van der Waals surface area contributed by atoms with Gasteiger partial charge < -0.3 is 14.5 Å². The van der Waals surface area contributed by atoms with Gasteiger partial charge in [0.15, 0.2) is 0 Å². The van der Waals surface area contributed by atoms with Gasteiger partial charge >= 0.3 is 0 Å². The van der Waals surface area contributed by atoms with Crippen LogP contribution in [0.3, 0.4) is 0 Å². The van der Waals surface area contributed by atoms with E-state index in [1.165, 1.54) is 18.5 Å². The summed E-state index contributed by atoms with van der Waals surface area (Å²) in [5.41, 5.74) is 1.20. The third-order valence-corrected chi connectivity index (χ3v) is 3.25. The number of aryl methyl sites for hydroxylation is 1. The van der Waals surface area contributed by atoms with E-state index in [0.717, 1.165) is 31.2 Å². The molecule has 2 aliphatic rings. The van der Waals surface area contributed by atoms with Crippen molar-refractivity contribution in [2.24, 2.45) is 0 Å². The van der Waals surface area contributed by atoms with Gasteiger partial charge in [0.2, 0.25) is 5.89 Å². The summed E-state index contributed by atoms with van der Waals surface area (Å²) in [7, 11) is 0. The molecule has 0 bridgehead atoms. The molecule has 0 amide bonds. The molecule has 4 nitrogen and oxygen atoms in total. The standard InChI is InChI=1S/C12H18N2O2/c1-2-10-11(8-3-4-8)14-12(16-10)9-7-15-6-5-13-9/h8-9,13H,2-7H2,1H3. The molecular formula is C12H18N2O2. The van der Waals surface area contributed by atoms with Gasteiger partial charge in [0.05, 0.1) is 18.9 Å². The Kier molecular flexibility index (Phi) is 2.69. The van der Waals surface area contributed by atoms with E-state index in [0.29, 0.717) is 12.5 Å². The first-order valence-corrected chi connectivity index (χ1v) is 6.19. The van der Waals surface area contributed by atoms with Gasteiger partial charge in [0.1, 0.15) is 11.8 Å². The molecule has 1 aromatic heterocycles. The van der Waals surface area contributed by atoms with Gasteiger partial charge in [-0.25, -0.2) is 4.98 Å². The van der Waals surface area contributed by atoms with Crippen molar-refractivity contribution < 1.29 is 9.15 Å². The van der Waals surface area contributed by atoms with Crippen molar-refractivity contribution in [2.45, 2.75) is 38.1 Å². The van der Waals surface area contributed by atoms with Crippen molar-refractivity contribution in [3.8, 4) is 0 Å². The number of hydrogen-bond donors (Lipinski definition) is 1. The second-order valence-electron chi connectivity index (χ2n) is 4.57. The molecular weight excluding hydrogens is 204 g/mol. The second kappa shape index (κ2) is 4.18. The quantitative estimate of drug-likeness (QED) is 0.846. The van der Waals surface area contributed by atoms with Gasteiger partial charge in [-0.05, 0) is 12.8 Å². The summed E-state index contributed by atoms with van der Waals surface area (Å²) in [6, 6.07) is 0.145. The third kappa shape index (κ3) is 1.87. The number of aromatic nitrogens is 1. The first-order chi connectivity index (χ1) is 7.88. The number of ether oxygens (including phenoxy) is 1. The van der Waals surface area contributed by atoms with Crippen LogP contribution in [-0.4, -0.2) is 24.7 Å². The van der Waals surface area contributed by atoms with Gasteiger partial charge in [0.25, 0.3) is 0 Å². The van der Waals surface area contributed by atoms with E-state index in [1.807, 2.05) is 0 Å². The average molecular weight is 222 g/mol. The minimum atomic E-state index is 0.145. The molecule has 1 saturated heterocycles. The molecule has 1 aliphatic carbocycles. The van der Waals surface area contributed by atoms with Crippen LogP contribution in [0.1, 0.15) is 49.1 Å². The normalized spacial score (nSPS) is 25.9.